The largest absolute Gasteiger partial charge is 0.444 e. The highest BCUT2D eigenvalue weighted by molar-refractivity contribution is 6.53. The molecule has 1 aliphatic rings. The number of ketones is 2. The van der Waals surface area contributed by atoms with Crippen LogP contribution in [0.1, 0.15) is 47.1 Å². The molecule has 1 amide bonds. The molecule has 2 aromatic rings. The van der Waals surface area contributed by atoms with Crippen LogP contribution in [-0.2, 0) is 4.74 Å². The van der Waals surface area contributed by atoms with E-state index in [1.807, 2.05) is 12.1 Å². The first-order valence-corrected chi connectivity index (χ1v) is 8.54. The third-order valence-corrected chi connectivity index (χ3v) is 3.89. The first-order valence-electron chi connectivity index (χ1n) is 8.54. The molecule has 0 heterocycles. The molecule has 0 unspecified atom stereocenters. The van der Waals surface area contributed by atoms with Gasteiger partial charge in [-0.2, -0.15) is 0 Å². The summed E-state index contributed by atoms with van der Waals surface area (Å²) in [6, 6.07) is 12.1. The van der Waals surface area contributed by atoms with Crippen molar-refractivity contribution >= 4 is 17.7 Å². The Balaban J connectivity index is 1.79. The van der Waals surface area contributed by atoms with Gasteiger partial charge in [-0.25, -0.2) is 4.79 Å². The number of hydrogen-bond acceptors (Lipinski definition) is 4. The van der Waals surface area contributed by atoms with E-state index in [9.17, 15) is 14.4 Å². The predicted molar refractivity (Wildman–Crippen MR) is 102 cm³/mol. The SMILES string of the molecule is CC(C)(C)OC(=O)NCC#Cc1ccc2c(c1)-c1ccccc1C(=O)C2=O. The Kier molecular flexibility index (Phi) is 4.83. The minimum absolute atomic E-state index is 0.139. The summed E-state index contributed by atoms with van der Waals surface area (Å²) < 4.78 is 5.14. The molecule has 136 valence electrons. The zero-order chi connectivity index (χ0) is 19.6. The summed E-state index contributed by atoms with van der Waals surface area (Å²) in [5.41, 5.74) is 2.35. The van der Waals surface area contributed by atoms with Gasteiger partial charge in [-0.3, -0.25) is 9.59 Å². The minimum Gasteiger partial charge on any atom is -0.444 e. The molecule has 27 heavy (non-hydrogen) atoms. The number of carbonyl (C=O) groups is 3. The molecule has 0 spiro atoms. The molecule has 5 nitrogen and oxygen atoms in total. The summed E-state index contributed by atoms with van der Waals surface area (Å²) >= 11 is 0. The van der Waals surface area contributed by atoms with Crippen LogP contribution in [0.15, 0.2) is 42.5 Å². The molecule has 0 aliphatic heterocycles. The van der Waals surface area contributed by atoms with Crippen LogP contribution in [-0.4, -0.2) is 29.8 Å². The van der Waals surface area contributed by atoms with Crippen LogP contribution in [0.25, 0.3) is 11.1 Å². The molecular weight excluding hydrogens is 342 g/mol. The van der Waals surface area contributed by atoms with E-state index in [1.165, 1.54) is 0 Å². The molecule has 1 N–H and O–H groups in total. The molecule has 0 radical (unpaired) electrons. The van der Waals surface area contributed by atoms with Gasteiger partial charge in [-0.05, 0) is 50.1 Å². The normalized spacial score (nSPS) is 12.4. The monoisotopic (exact) mass is 361 g/mol. The Hall–Kier alpha value is -3.39. The molecule has 0 fully saturated rings. The number of benzene rings is 2. The number of alkyl carbamates (subject to hydrolysis) is 1. The fourth-order valence-corrected chi connectivity index (χ4v) is 2.78. The summed E-state index contributed by atoms with van der Waals surface area (Å²) in [5, 5.41) is 2.57. The van der Waals surface area contributed by atoms with Gasteiger partial charge in [0.2, 0.25) is 11.6 Å². The average Bonchev–Trinajstić information content (AvgIpc) is 2.62. The maximum atomic E-state index is 12.3. The average molecular weight is 361 g/mol. The maximum absolute atomic E-state index is 12.3. The lowest BCUT2D eigenvalue weighted by Gasteiger charge is -2.19. The van der Waals surface area contributed by atoms with E-state index in [0.717, 1.165) is 5.56 Å². The topological polar surface area (TPSA) is 72.5 Å². The molecule has 0 saturated heterocycles. The first kappa shape index (κ1) is 18.4. The number of rotatable bonds is 1. The van der Waals surface area contributed by atoms with E-state index < -0.39 is 23.3 Å². The van der Waals surface area contributed by atoms with E-state index >= 15 is 0 Å². The number of Topliss-reactive ketones (excluding diaryl/α,β-unsaturated/α-hetero) is 2. The number of hydrogen-bond donors (Lipinski definition) is 1. The lowest BCUT2D eigenvalue weighted by atomic mass is 9.83. The molecule has 0 bridgehead atoms. The Morgan fingerprint density at radius 1 is 0.963 bits per heavy atom. The highest BCUT2D eigenvalue weighted by atomic mass is 16.6. The summed E-state index contributed by atoms with van der Waals surface area (Å²) in [7, 11) is 0. The van der Waals surface area contributed by atoms with Crippen LogP contribution < -0.4 is 5.32 Å². The Bertz CT molecular complexity index is 1000. The van der Waals surface area contributed by atoms with Gasteiger partial charge in [0.05, 0.1) is 6.54 Å². The van der Waals surface area contributed by atoms with E-state index in [4.69, 9.17) is 4.74 Å². The lowest BCUT2D eigenvalue weighted by Crippen LogP contribution is -2.32. The fraction of sp³-hybridized carbons (Fsp3) is 0.227. The number of nitrogens with one attached hydrogen (secondary N) is 1. The highest BCUT2D eigenvalue weighted by Crippen LogP contribution is 2.33. The molecule has 0 atom stereocenters. The van der Waals surface area contributed by atoms with Crippen molar-refractivity contribution in [2.45, 2.75) is 26.4 Å². The van der Waals surface area contributed by atoms with Gasteiger partial charge < -0.3 is 10.1 Å². The smallest absolute Gasteiger partial charge is 0.408 e. The molecular formula is C22H19NO4. The van der Waals surface area contributed by atoms with E-state index in [1.54, 1.807) is 51.1 Å². The molecule has 0 aromatic heterocycles. The number of carbonyl (C=O) groups excluding carboxylic acids is 3. The van der Waals surface area contributed by atoms with Gasteiger partial charge in [0.25, 0.3) is 0 Å². The fourth-order valence-electron chi connectivity index (χ4n) is 2.78. The van der Waals surface area contributed by atoms with E-state index in [0.29, 0.717) is 22.3 Å². The summed E-state index contributed by atoms with van der Waals surface area (Å²) in [6.07, 6.45) is -0.528. The van der Waals surface area contributed by atoms with Gasteiger partial charge in [0.1, 0.15) is 5.60 Å². The summed E-state index contributed by atoms with van der Waals surface area (Å²) in [5.74, 6) is 4.82. The van der Waals surface area contributed by atoms with Gasteiger partial charge in [-0.1, -0.05) is 36.1 Å². The number of amides is 1. The van der Waals surface area contributed by atoms with Gasteiger partial charge in [-0.15, -0.1) is 0 Å². The second kappa shape index (κ2) is 7.08. The van der Waals surface area contributed by atoms with Crippen LogP contribution in [0.4, 0.5) is 4.79 Å². The van der Waals surface area contributed by atoms with Crippen molar-refractivity contribution < 1.29 is 19.1 Å². The molecule has 2 aromatic carbocycles. The van der Waals surface area contributed by atoms with Crippen LogP contribution in [0.2, 0.25) is 0 Å². The van der Waals surface area contributed by atoms with Crippen molar-refractivity contribution in [2.24, 2.45) is 0 Å². The van der Waals surface area contributed by atoms with Crippen LogP contribution >= 0.6 is 0 Å². The quantitative estimate of drug-likeness (QED) is 0.622. The Morgan fingerprint density at radius 3 is 2.26 bits per heavy atom. The second-order valence-electron chi connectivity index (χ2n) is 7.12. The van der Waals surface area contributed by atoms with Crippen LogP contribution in [0, 0.1) is 11.8 Å². The standard InChI is InChI=1S/C22H19NO4/c1-22(2,3)27-21(26)23-12-6-7-14-10-11-17-18(13-14)15-8-4-5-9-16(15)19(24)20(17)25/h4-5,8-11,13H,12H2,1-3H3,(H,23,26). The molecule has 3 rings (SSSR count). The van der Waals surface area contributed by atoms with Crippen molar-refractivity contribution in [1.29, 1.82) is 0 Å². The zero-order valence-electron chi connectivity index (χ0n) is 15.4. The lowest BCUT2D eigenvalue weighted by molar-refractivity contribution is 0.0535. The van der Waals surface area contributed by atoms with Gasteiger partial charge >= 0.3 is 6.09 Å². The first-order chi connectivity index (χ1) is 12.8. The zero-order valence-corrected chi connectivity index (χ0v) is 15.4. The van der Waals surface area contributed by atoms with Crippen molar-refractivity contribution in [3.63, 3.8) is 0 Å². The predicted octanol–water partition coefficient (Wildman–Crippen LogP) is 3.61. The Labute approximate surface area is 157 Å². The maximum Gasteiger partial charge on any atom is 0.408 e. The third-order valence-electron chi connectivity index (χ3n) is 3.89. The van der Waals surface area contributed by atoms with Crippen LogP contribution in [0.3, 0.4) is 0 Å². The van der Waals surface area contributed by atoms with E-state index in [-0.39, 0.29) is 6.54 Å². The number of ether oxygens (including phenoxy) is 1. The third kappa shape index (κ3) is 4.06. The highest BCUT2D eigenvalue weighted by Gasteiger charge is 2.29. The number of fused-ring (bicyclic) bond motifs is 3. The Morgan fingerprint density at radius 2 is 1.59 bits per heavy atom. The molecule has 1 aliphatic carbocycles. The van der Waals surface area contributed by atoms with E-state index in [2.05, 4.69) is 17.2 Å². The van der Waals surface area contributed by atoms with Crippen molar-refractivity contribution in [3.05, 3.63) is 59.2 Å². The van der Waals surface area contributed by atoms with Gasteiger partial charge in [0.15, 0.2) is 0 Å². The van der Waals surface area contributed by atoms with Crippen molar-refractivity contribution in [3.8, 4) is 23.0 Å². The van der Waals surface area contributed by atoms with Crippen LogP contribution in [0.5, 0.6) is 0 Å². The summed E-state index contributed by atoms with van der Waals surface area (Å²) in [4.78, 5) is 36.1. The van der Waals surface area contributed by atoms with Gasteiger partial charge in [0, 0.05) is 16.7 Å². The van der Waals surface area contributed by atoms with Crippen molar-refractivity contribution in [1.82, 2.24) is 5.32 Å². The summed E-state index contributed by atoms with van der Waals surface area (Å²) in [6.45, 7) is 5.50. The van der Waals surface area contributed by atoms with Crippen molar-refractivity contribution in [2.75, 3.05) is 6.54 Å². The molecule has 5 heteroatoms. The molecule has 0 saturated carbocycles. The second-order valence-corrected chi connectivity index (χ2v) is 7.12. The minimum atomic E-state index is -0.562.